The van der Waals surface area contributed by atoms with E-state index in [1.807, 2.05) is 41.0 Å². The van der Waals surface area contributed by atoms with Gasteiger partial charge in [-0.3, -0.25) is 0 Å². The van der Waals surface area contributed by atoms with Crippen molar-refractivity contribution in [1.82, 2.24) is 4.57 Å². The molecule has 3 aromatic carbocycles. The monoisotopic (exact) mass is 513 g/mol. The highest BCUT2D eigenvalue weighted by atomic mass is 79.9. The summed E-state index contributed by atoms with van der Waals surface area (Å²) < 4.78 is 31.7. The van der Waals surface area contributed by atoms with Crippen LogP contribution in [0.15, 0.2) is 61.9 Å². The van der Waals surface area contributed by atoms with Gasteiger partial charge >= 0.3 is 0 Å². The Labute approximate surface area is 161 Å². The Morgan fingerprint density at radius 2 is 1.12 bits per heavy atom. The first-order valence-electron chi connectivity index (χ1n) is 7.00. The lowest BCUT2D eigenvalue weighted by Crippen LogP contribution is -1.97. The molecule has 0 N–H and O–H groups in total. The molecule has 0 spiro atoms. The van der Waals surface area contributed by atoms with Gasteiger partial charge in [0.25, 0.3) is 0 Å². The predicted octanol–water partition coefficient (Wildman–Crippen LogP) is 7.35. The van der Waals surface area contributed by atoms with E-state index in [0.29, 0.717) is 5.69 Å². The highest BCUT2D eigenvalue weighted by Crippen LogP contribution is 2.36. The van der Waals surface area contributed by atoms with E-state index in [4.69, 9.17) is 0 Å². The van der Waals surface area contributed by atoms with Crippen LogP contribution in [0, 0.1) is 11.6 Å². The SMILES string of the molecule is Fc1cc(-n2c3ccc(Br)cc3c3cc(Br)ccc32)cc(F)c1Br. The van der Waals surface area contributed by atoms with Crippen LogP contribution < -0.4 is 0 Å². The number of nitrogens with zero attached hydrogens (tertiary/aromatic N) is 1. The van der Waals surface area contributed by atoms with E-state index in [9.17, 15) is 8.78 Å². The number of rotatable bonds is 1. The van der Waals surface area contributed by atoms with E-state index in [2.05, 4.69) is 47.8 Å². The summed E-state index contributed by atoms with van der Waals surface area (Å²) >= 11 is 9.90. The Morgan fingerprint density at radius 3 is 1.58 bits per heavy atom. The van der Waals surface area contributed by atoms with Crippen LogP contribution in [0.1, 0.15) is 0 Å². The fraction of sp³-hybridized carbons (Fsp3) is 0. The van der Waals surface area contributed by atoms with E-state index < -0.39 is 11.6 Å². The van der Waals surface area contributed by atoms with Gasteiger partial charge in [0, 0.05) is 19.7 Å². The zero-order valence-corrected chi connectivity index (χ0v) is 16.7. The molecule has 6 heteroatoms. The van der Waals surface area contributed by atoms with Crippen LogP contribution in [0.25, 0.3) is 27.5 Å². The molecule has 0 aliphatic carbocycles. The average Bonchev–Trinajstić information content (AvgIpc) is 2.85. The van der Waals surface area contributed by atoms with Crippen molar-refractivity contribution >= 4 is 69.6 Å². The summed E-state index contributed by atoms with van der Waals surface area (Å²) in [5.74, 6) is -1.26. The van der Waals surface area contributed by atoms with E-state index >= 15 is 0 Å². The van der Waals surface area contributed by atoms with Gasteiger partial charge in [0.15, 0.2) is 0 Å². The standard InChI is InChI=1S/C18H8Br3F2N/c19-9-1-3-16-12(5-9)13-6-10(20)2-4-17(13)24(16)11-7-14(22)18(21)15(23)8-11/h1-8H. The van der Waals surface area contributed by atoms with E-state index in [0.717, 1.165) is 30.8 Å². The Kier molecular flexibility index (Phi) is 4.01. The number of halogens is 5. The molecule has 0 bridgehead atoms. The third-order valence-corrected chi connectivity index (χ3v) is 5.66. The summed E-state index contributed by atoms with van der Waals surface area (Å²) in [7, 11) is 0. The van der Waals surface area contributed by atoms with Crippen molar-refractivity contribution in [3.63, 3.8) is 0 Å². The molecule has 0 amide bonds. The maximum Gasteiger partial charge on any atom is 0.142 e. The van der Waals surface area contributed by atoms with Crippen molar-refractivity contribution in [2.24, 2.45) is 0 Å². The fourth-order valence-electron chi connectivity index (χ4n) is 2.92. The summed E-state index contributed by atoms with van der Waals surface area (Å²) in [6, 6.07) is 14.4. The van der Waals surface area contributed by atoms with Crippen molar-refractivity contribution in [3.8, 4) is 5.69 Å². The maximum atomic E-state index is 14.0. The van der Waals surface area contributed by atoms with Crippen LogP contribution in [0.5, 0.6) is 0 Å². The first kappa shape index (κ1) is 16.2. The minimum Gasteiger partial charge on any atom is -0.309 e. The number of fused-ring (bicyclic) bond motifs is 3. The minimum absolute atomic E-state index is 0.155. The van der Waals surface area contributed by atoms with Crippen LogP contribution in [0.3, 0.4) is 0 Å². The second-order valence-corrected chi connectivity index (χ2v) is 8.01. The molecule has 0 saturated carbocycles. The van der Waals surface area contributed by atoms with Gasteiger partial charge in [-0.2, -0.15) is 0 Å². The summed E-state index contributed by atoms with van der Waals surface area (Å²) in [4.78, 5) is 0. The molecule has 0 atom stereocenters. The van der Waals surface area contributed by atoms with Crippen molar-refractivity contribution in [3.05, 3.63) is 73.6 Å². The van der Waals surface area contributed by atoms with Gasteiger partial charge in [-0.05, 0) is 64.5 Å². The van der Waals surface area contributed by atoms with Crippen LogP contribution in [-0.4, -0.2) is 4.57 Å². The molecule has 1 aromatic heterocycles. The predicted molar refractivity (Wildman–Crippen MR) is 104 cm³/mol. The Bertz CT molecular complexity index is 1040. The van der Waals surface area contributed by atoms with Crippen LogP contribution in [0.4, 0.5) is 8.78 Å². The van der Waals surface area contributed by atoms with Crippen LogP contribution in [0.2, 0.25) is 0 Å². The van der Waals surface area contributed by atoms with Gasteiger partial charge in [0.05, 0.1) is 21.2 Å². The second-order valence-electron chi connectivity index (χ2n) is 5.38. The van der Waals surface area contributed by atoms with E-state index in [1.165, 1.54) is 12.1 Å². The minimum atomic E-state index is -0.630. The third kappa shape index (κ3) is 2.52. The lowest BCUT2D eigenvalue weighted by molar-refractivity contribution is 0.570. The van der Waals surface area contributed by atoms with Crippen molar-refractivity contribution in [2.45, 2.75) is 0 Å². The van der Waals surface area contributed by atoms with E-state index in [1.54, 1.807) is 0 Å². The van der Waals surface area contributed by atoms with Crippen molar-refractivity contribution in [1.29, 1.82) is 0 Å². The number of hydrogen-bond acceptors (Lipinski definition) is 0. The first-order valence-corrected chi connectivity index (χ1v) is 9.38. The molecular weight excluding hydrogens is 508 g/mol. The zero-order valence-electron chi connectivity index (χ0n) is 12.0. The fourth-order valence-corrected chi connectivity index (χ4v) is 3.87. The molecule has 4 rings (SSSR count). The van der Waals surface area contributed by atoms with Gasteiger partial charge in [-0.25, -0.2) is 8.78 Å². The molecule has 4 aromatic rings. The van der Waals surface area contributed by atoms with Crippen LogP contribution >= 0.6 is 47.8 Å². The van der Waals surface area contributed by atoms with Gasteiger partial charge < -0.3 is 4.57 Å². The molecule has 0 radical (unpaired) electrons. The molecule has 1 nitrogen and oxygen atoms in total. The molecule has 24 heavy (non-hydrogen) atoms. The Balaban J connectivity index is 2.18. The molecule has 0 unspecified atom stereocenters. The molecule has 0 aliphatic rings. The van der Waals surface area contributed by atoms with Crippen molar-refractivity contribution in [2.75, 3.05) is 0 Å². The van der Waals surface area contributed by atoms with Gasteiger partial charge in [0.1, 0.15) is 11.6 Å². The highest BCUT2D eigenvalue weighted by molar-refractivity contribution is 9.11. The third-order valence-electron chi connectivity index (χ3n) is 3.92. The number of hydrogen-bond donors (Lipinski definition) is 0. The molecular formula is C18H8Br3F2N. The van der Waals surface area contributed by atoms with E-state index in [-0.39, 0.29) is 4.47 Å². The largest absolute Gasteiger partial charge is 0.309 e. The normalized spacial score (nSPS) is 11.5. The second kappa shape index (κ2) is 5.93. The summed E-state index contributed by atoms with van der Waals surface area (Å²) in [5, 5.41) is 2.01. The van der Waals surface area contributed by atoms with Gasteiger partial charge in [-0.1, -0.05) is 31.9 Å². The van der Waals surface area contributed by atoms with Crippen molar-refractivity contribution < 1.29 is 8.78 Å². The molecule has 0 fully saturated rings. The Hall–Kier alpha value is -1.24. The summed E-state index contributed by atoms with van der Waals surface area (Å²) in [5.41, 5.74) is 2.21. The molecule has 120 valence electrons. The van der Waals surface area contributed by atoms with Gasteiger partial charge in [0.2, 0.25) is 0 Å². The quantitative estimate of drug-likeness (QED) is 0.234. The molecule has 1 heterocycles. The van der Waals surface area contributed by atoms with Gasteiger partial charge in [-0.15, -0.1) is 0 Å². The number of aromatic nitrogens is 1. The number of benzene rings is 3. The maximum absolute atomic E-state index is 14.0. The molecule has 0 aliphatic heterocycles. The first-order chi connectivity index (χ1) is 11.5. The summed E-state index contributed by atoms with van der Waals surface area (Å²) in [6.07, 6.45) is 0. The Morgan fingerprint density at radius 1 is 0.667 bits per heavy atom. The topological polar surface area (TPSA) is 4.93 Å². The zero-order chi connectivity index (χ0) is 17.0. The highest BCUT2D eigenvalue weighted by Gasteiger charge is 2.16. The lowest BCUT2D eigenvalue weighted by Gasteiger charge is -2.09. The lowest BCUT2D eigenvalue weighted by atomic mass is 10.2. The summed E-state index contributed by atoms with van der Waals surface area (Å²) in [6.45, 7) is 0. The smallest absolute Gasteiger partial charge is 0.142 e. The van der Waals surface area contributed by atoms with Crippen LogP contribution in [-0.2, 0) is 0 Å². The molecule has 0 saturated heterocycles. The average molecular weight is 516 g/mol.